The predicted octanol–water partition coefficient (Wildman–Crippen LogP) is 1.77. The fourth-order valence-electron chi connectivity index (χ4n) is 4.20. The molecule has 0 bridgehead atoms. The van der Waals surface area contributed by atoms with Crippen LogP contribution in [0, 0.1) is 0 Å². The quantitative estimate of drug-likeness (QED) is 0.144. The second-order valence-corrected chi connectivity index (χ2v) is 9.05. The van der Waals surface area contributed by atoms with Gasteiger partial charge >= 0.3 is 11.6 Å². The van der Waals surface area contributed by atoms with Gasteiger partial charge in [0.15, 0.2) is 5.75 Å². The molecule has 4 N–H and O–H groups in total. The summed E-state index contributed by atoms with van der Waals surface area (Å²) in [7, 11) is 0. The van der Waals surface area contributed by atoms with Gasteiger partial charge in [0.05, 0.1) is 17.6 Å². The monoisotopic (exact) mass is 550 g/mol. The van der Waals surface area contributed by atoms with Crippen LogP contribution in [0.3, 0.4) is 0 Å². The highest BCUT2D eigenvalue weighted by Crippen LogP contribution is 2.37. The first-order valence-electron chi connectivity index (χ1n) is 12.4. The van der Waals surface area contributed by atoms with Gasteiger partial charge < -0.3 is 43.8 Å². The van der Waals surface area contributed by atoms with Crippen molar-refractivity contribution in [1.29, 1.82) is 0 Å². The molecule has 3 aromatic carbocycles. The molecule has 208 valence electrons. The van der Waals surface area contributed by atoms with E-state index < -0.39 is 54.7 Å². The Bertz CT molecular complexity index is 1520. The highest BCUT2D eigenvalue weighted by molar-refractivity contribution is 5.92. The topological polar surface area (TPSA) is 165 Å². The van der Waals surface area contributed by atoms with Crippen molar-refractivity contribution in [2.45, 2.75) is 37.3 Å². The van der Waals surface area contributed by atoms with Gasteiger partial charge in [-0.05, 0) is 29.8 Å². The molecule has 0 spiro atoms. The Kier molecular flexibility index (Phi) is 8.10. The van der Waals surface area contributed by atoms with Gasteiger partial charge in [0, 0.05) is 6.07 Å². The van der Waals surface area contributed by atoms with Crippen molar-refractivity contribution in [3.8, 4) is 17.2 Å². The molecule has 11 nitrogen and oxygen atoms in total. The minimum Gasteiger partial charge on any atom is -0.484 e. The Labute approximate surface area is 227 Å². The highest BCUT2D eigenvalue weighted by atomic mass is 16.7. The molecule has 0 radical (unpaired) electrons. The zero-order chi connectivity index (χ0) is 28.2. The predicted molar refractivity (Wildman–Crippen MR) is 139 cm³/mol. The van der Waals surface area contributed by atoms with Gasteiger partial charge in [-0.3, -0.25) is 0 Å². The number of hydrogen-bond donors (Lipinski definition) is 4. The lowest BCUT2D eigenvalue weighted by Crippen LogP contribution is -2.60. The summed E-state index contributed by atoms with van der Waals surface area (Å²) in [4.78, 5) is 25.6. The SMILES string of the molecule is O=C(Oc1ccc2c(OCc3ccccc3)c(O[C@@H]3O[C@H](CO)[C@@H](O)[C@H](O)[C@@H]3O)c(=O)oc2c1)c1ccccc1. The third-order valence-electron chi connectivity index (χ3n) is 6.32. The summed E-state index contributed by atoms with van der Waals surface area (Å²) in [5.41, 5.74) is 0.113. The lowest BCUT2D eigenvalue weighted by molar-refractivity contribution is -0.278. The molecule has 40 heavy (non-hydrogen) atoms. The van der Waals surface area contributed by atoms with E-state index in [4.69, 9.17) is 23.4 Å². The van der Waals surface area contributed by atoms with Crippen molar-refractivity contribution >= 4 is 16.9 Å². The molecule has 4 aromatic rings. The Morgan fingerprint density at radius 1 is 0.850 bits per heavy atom. The molecule has 5 atom stereocenters. The van der Waals surface area contributed by atoms with E-state index >= 15 is 0 Å². The van der Waals surface area contributed by atoms with Crippen LogP contribution in [0.5, 0.6) is 17.2 Å². The number of benzene rings is 3. The Balaban J connectivity index is 1.51. The zero-order valence-electron chi connectivity index (χ0n) is 21.0. The number of carbonyl (C=O) groups is 1. The maximum Gasteiger partial charge on any atom is 0.383 e. The number of rotatable bonds is 8. The summed E-state index contributed by atoms with van der Waals surface area (Å²) in [6.07, 6.45) is -8.01. The van der Waals surface area contributed by atoms with Gasteiger partial charge in [-0.1, -0.05) is 48.5 Å². The van der Waals surface area contributed by atoms with E-state index in [1.165, 1.54) is 18.2 Å². The van der Waals surface area contributed by atoms with Crippen LogP contribution in [0.4, 0.5) is 0 Å². The summed E-state index contributed by atoms with van der Waals surface area (Å²) in [5.74, 6) is -1.03. The molecule has 11 heteroatoms. The Hall–Kier alpha value is -4.26. The number of aliphatic hydroxyl groups is 4. The summed E-state index contributed by atoms with van der Waals surface area (Å²) in [6.45, 7) is -0.659. The summed E-state index contributed by atoms with van der Waals surface area (Å²) in [5, 5.41) is 40.4. The first-order chi connectivity index (χ1) is 19.4. The normalized spacial score (nSPS) is 22.6. The average molecular weight is 551 g/mol. The third-order valence-corrected chi connectivity index (χ3v) is 6.32. The van der Waals surface area contributed by atoms with Crippen LogP contribution in [-0.4, -0.2) is 63.7 Å². The van der Waals surface area contributed by atoms with Crippen molar-refractivity contribution in [3.63, 3.8) is 0 Å². The van der Waals surface area contributed by atoms with Crippen molar-refractivity contribution in [1.82, 2.24) is 0 Å². The standard InChI is InChI=1S/C29H26O11/c30-14-21-22(31)23(32)24(33)29(39-21)40-26-25(36-15-16-7-3-1-4-8-16)19-12-11-18(13-20(19)38-28(26)35)37-27(34)17-9-5-2-6-10-17/h1-13,21-24,29-33H,14-15H2/t21-,22-,23+,24+,29+/m1/s1. The van der Waals surface area contributed by atoms with Crippen LogP contribution >= 0.6 is 0 Å². The fraction of sp³-hybridized carbons (Fsp3) is 0.241. The smallest absolute Gasteiger partial charge is 0.383 e. The van der Waals surface area contributed by atoms with E-state index in [9.17, 15) is 30.0 Å². The van der Waals surface area contributed by atoms with E-state index in [2.05, 4.69) is 0 Å². The summed E-state index contributed by atoms with van der Waals surface area (Å²) < 4.78 is 27.9. The molecular formula is C29H26O11. The maximum atomic E-state index is 13.1. The molecule has 1 aromatic heterocycles. The molecular weight excluding hydrogens is 524 g/mol. The molecule has 0 amide bonds. The van der Waals surface area contributed by atoms with Crippen LogP contribution < -0.4 is 19.8 Å². The number of esters is 1. The summed E-state index contributed by atoms with van der Waals surface area (Å²) >= 11 is 0. The van der Waals surface area contributed by atoms with E-state index in [1.54, 1.807) is 30.3 Å². The lowest BCUT2D eigenvalue weighted by Gasteiger charge is -2.39. The molecule has 1 fully saturated rings. The van der Waals surface area contributed by atoms with Gasteiger partial charge in [-0.2, -0.15) is 0 Å². The number of ether oxygens (including phenoxy) is 4. The van der Waals surface area contributed by atoms with Gasteiger partial charge in [-0.25, -0.2) is 9.59 Å². The van der Waals surface area contributed by atoms with Gasteiger partial charge in [0.25, 0.3) is 5.75 Å². The zero-order valence-corrected chi connectivity index (χ0v) is 21.0. The van der Waals surface area contributed by atoms with E-state index in [1.807, 2.05) is 30.3 Å². The van der Waals surface area contributed by atoms with Crippen molar-refractivity contribution in [2.24, 2.45) is 0 Å². The minimum atomic E-state index is -1.77. The number of aliphatic hydroxyl groups excluding tert-OH is 4. The van der Waals surface area contributed by atoms with Crippen LogP contribution in [0.25, 0.3) is 11.0 Å². The molecule has 1 aliphatic rings. The molecule has 2 heterocycles. The van der Waals surface area contributed by atoms with E-state index in [0.29, 0.717) is 5.56 Å². The molecule has 1 aliphatic heterocycles. The second-order valence-electron chi connectivity index (χ2n) is 9.05. The first-order valence-corrected chi connectivity index (χ1v) is 12.4. The van der Waals surface area contributed by atoms with Crippen molar-refractivity contribution < 1.29 is 48.6 Å². The lowest BCUT2D eigenvalue weighted by atomic mass is 9.99. The third kappa shape index (κ3) is 5.69. The molecule has 0 unspecified atom stereocenters. The van der Waals surface area contributed by atoms with Crippen LogP contribution in [-0.2, 0) is 11.3 Å². The second kappa shape index (κ2) is 11.9. The number of carbonyl (C=O) groups excluding carboxylic acids is 1. The van der Waals surface area contributed by atoms with Crippen LogP contribution in [0.2, 0.25) is 0 Å². The van der Waals surface area contributed by atoms with E-state index in [0.717, 1.165) is 5.56 Å². The van der Waals surface area contributed by atoms with Gasteiger partial charge in [-0.15, -0.1) is 0 Å². The number of fused-ring (bicyclic) bond motifs is 1. The molecule has 1 saturated heterocycles. The van der Waals surface area contributed by atoms with Crippen molar-refractivity contribution in [3.05, 3.63) is 100 Å². The fourth-order valence-corrected chi connectivity index (χ4v) is 4.20. The largest absolute Gasteiger partial charge is 0.484 e. The van der Waals surface area contributed by atoms with E-state index in [-0.39, 0.29) is 29.1 Å². The average Bonchev–Trinajstić information content (AvgIpc) is 2.98. The number of hydrogen-bond acceptors (Lipinski definition) is 11. The summed E-state index contributed by atoms with van der Waals surface area (Å²) in [6, 6.07) is 21.8. The Morgan fingerprint density at radius 2 is 1.55 bits per heavy atom. The molecule has 0 aliphatic carbocycles. The minimum absolute atomic E-state index is 0.0209. The van der Waals surface area contributed by atoms with Crippen molar-refractivity contribution in [2.75, 3.05) is 6.61 Å². The highest BCUT2D eigenvalue weighted by Gasteiger charge is 2.45. The van der Waals surface area contributed by atoms with Crippen LogP contribution in [0.15, 0.2) is 88.1 Å². The molecule has 5 rings (SSSR count). The van der Waals surface area contributed by atoms with Crippen LogP contribution in [0.1, 0.15) is 15.9 Å². The Morgan fingerprint density at radius 3 is 2.25 bits per heavy atom. The maximum absolute atomic E-state index is 13.1. The molecule has 0 saturated carbocycles. The van der Waals surface area contributed by atoms with Gasteiger partial charge in [0.2, 0.25) is 6.29 Å². The first kappa shape index (κ1) is 27.3. The van der Waals surface area contributed by atoms with Gasteiger partial charge in [0.1, 0.15) is 42.4 Å².